The Kier molecular flexibility index (Phi) is 7.48. The molecule has 0 fully saturated rings. The molecule has 2 aromatic rings. The Morgan fingerprint density at radius 1 is 1.00 bits per heavy atom. The maximum Gasteiger partial charge on any atom is 0.343 e. The van der Waals surface area contributed by atoms with Gasteiger partial charge in [0.1, 0.15) is 0 Å². The largest absolute Gasteiger partial charge is 0.490 e. The van der Waals surface area contributed by atoms with E-state index in [4.69, 9.17) is 14.2 Å². The second-order valence-corrected chi connectivity index (χ2v) is 5.76. The lowest BCUT2D eigenvalue weighted by Gasteiger charge is -2.13. The normalized spacial score (nSPS) is 11.8. The smallest absolute Gasteiger partial charge is 0.343 e. The van der Waals surface area contributed by atoms with Crippen molar-refractivity contribution >= 4 is 5.97 Å². The Labute approximate surface area is 149 Å². The van der Waals surface area contributed by atoms with Gasteiger partial charge in [0.05, 0.1) is 18.3 Å². The molecule has 0 radical (unpaired) electrons. The van der Waals surface area contributed by atoms with Crippen LogP contribution in [0.1, 0.15) is 55.6 Å². The zero-order valence-electron chi connectivity index (χ0n) is 15.2. The van der Waals surface area contributed by atoms with E-state index in [9.17, 15) is 4.79 Å². The Balaban J connectivity index is 2.04. The Morgan fingerprint density at radius 3 is 2.32 bits per heavy atom. The van der Waals surface area contributed by atoms with E-state index in [1.807, 2.05) is 44.2 Å². The Hall–Kier alpha value is -2.33. The molecule has 0 heterocycles. The van der Waals surface area contributed by atoms with Gasteiger partial charge in [0, 0.05) is 6.61 Å². The molecule has 0 saturated carbocycles. The molecule has 2 aromatic carbocycles. The fourth-order valence-electron chi connectivity index (χ4n) is 2.38. The van der Waals surface area contributed by atoms with Crippen LogP contribution in [0, 0.1) is 0 Å². The van der Waals surface area contributed by atoms with Crippen molar-refractivity contribution in [3.63, 3.8) is 0 Å². The van der Waals surface area contributed by atoms with Gasteiger partial charge in [0.25, 0.3) is 0 Å². The van der Waals surface area contributed by atoms with Crippen LogP contribution in [0.2, 0.25) is 0 Å². The molecule has 2 rings (SSSR count). The Morgan fingerprint density at radius 2 is 1.68 bits per heavy atom. The molecule has 0 N–H and O–H groups in total. The topological polar surface area (TPSA) is 44.8 Å². The third kappa shape index (κ3) is 5.61. The quantitative estimate of drug-likeness (QED) is 0.358. The molecular weight excluding hydrogens is 316 g/mol. The van der Waals surface area contributed by atoms with Crippen molar-refractivity contribution in [2.75, 3.05) is 13.2 Å². The highest BCUT2D eigenvalue weighted by molar-refractivity contribution is 5.91. The molecule has 4 nitrogen and oxygen atoms in total. The molecular formula is C21H26O4. The van der Waals surface area contributed by atoms with Crippen LogP contribution in [0.4, 0.5) is 0 Å². The summed E-state index contributed by atoms with van der Waals surface area (Å²) in [7, 11) is 0. The highest BCUT2D eigenvalue weighted by Gasteiger charge is 2.13. The van der Waals surface area contributed by atoms with Gasteiger partial charge in [-0.1, -0.05) is 37.6 Å². The maximum absolute atomic E-state index is 12.4. The summed E-state index contributed by atoms with van der Waals surface area (Å²) in [5, 5.41) is 0. The molecule has 0 bridgehead atoms. The highest BCUT2D eigenvalue weighted by atomic mass is 16.6. The number of hydrogen-bond acceptors (Lipinski definition) is 4. The van der Waals surface area contributed by atoms with Gasteiger partial charge in [-0.25, -0.2) is 4.79 Å². The van der Waals surface area contributed by atoms with E-state index in [-0.39, 0.29) is 6.10 Å². The zero-order chi connectivity index (χ0) is 18.1. The molecule has 134 valence electrons. The van der Waals surface area contributed by atoms with Gasteiger partial charge in [0.15, 0.2) is 11.5 Å². The van der Waals surface area contributed by atoms with E-state index in [1.54, 1.807) is 18.2 Å². The summed E-state index contributed by atoms with van der Waals surface area (Å²) in [5.41, 5.74) is 1.53. The van der Waals surface area contributed by atoms with Crippen molar-refractivity contribution in [3.8, 4) is 11.5 Å². The predicted molar refractivity (Wildman–Crippen MR) is 98.3 cm³/mol. The molecule has 0 aliphatic carbocycles. The zero-order valence-corrected chi connectivity index (χ0v) is 15.2. The van der Waals surface area contributed by atoms with Gasteiger partial charge in [0.2, 0.25) is 0 Å². The van der Waals surface area contributed by atoms with Crippen molar-refractivity contribution in [2.45, 2.75) is 39.7 Å². The van der Waals surface area contributed by atoms with Crippen LogP contribution in [0.15, 0.2) is 48.5 Å². The van der Waals surface area contributed by atoms with Crippen LogP contribution < -0.4 is 9.47 Å². The van der Waals surface area contributed by atoms with Crippen LogP contribution in [-0.2, 0) is 4.74 Å². The predicted octanol–water partition coefficient (Wildman–Crippen LogP) is 5.18. The fourth-order valence-corrected chi connectivity index (χ4v) is 2.38. The second kappa shape index (κ2) is 9.84. The van der Waals surface area contributed by atoms with Crippen LogP contribution in [0.3, 0.4) is 0 Å². The Bertz CT molecular complexity index is 664. The number of ether oxygens (including phenoxy) is 3. The fraction of sp³-hybridized carbons (Fsp3) is 0.381. The van der Waals surface area contributed by atoms with Gasteiger partial charge < -0.3 is 14.2 Å². The molecule has 0 spiro atoms. The first-order valence-electron chi connectivity index (χ1n) is 8.81. The number of carbonyl (C=O) groups excluding carboxylic acids is 1. The number of rotatable bonds is 9. The third-order valence-electron chi connectivity index (χ3n) is 3.84. The molecule has 1 unspecified atom stereocenters. The maximum atomic E-state index is 12.4. The van der Waals surface area contributed by atoms with E-state index in [0.717, 1.165) is 18.4 Å². The molecule has 0 aromatic heterocycles. The summed E-state index contributed by atoms with van der Waals surface area (Å²) < 4.78 is 16.8. The lowest BCUT2D eigenvalue weighted by atomic mass is 10.1. The van der Waals surface area contributed by atoms with Crippen molar-refractivity contribution in [2.24, 2.45) is 0 Å². The number of para-hydroxylation sites is 2. The number of unbranched alkanes of at least 4 members (excludes halogenated alkanes) is 1. The molecule has 0 saturated heterocycles. The monoisotopic (exact) mass is 342 g/mol. The number of carbonyl (C=O) groups is 1. The van der Waals surface area contributed by atoms with Crippen molar-refractivity contribution < 1.29 is 19.0 Å². The second-order valence-electron chi connectivity index (χ2n) is 5.76. The molecule has 0 aliphatic rings. The third-order valence-corrected chi connectivity index (χ3v) is 3.84. The summed E-state index contributed by atoms with van der Waals surface area (Å²) in [6.07, 6.45) is 2.01. The minimum Gasteiger partial charge on any atom is -0.490 e. The van der Waals surface area contributed by atoms with Crippen molar-refractivity contribution in [1.82, 2.24) is 0 Å². The van der Waals surface area contributed by atoms with E-state index in [0.29, 0.717) is 30.3 Å². The summed E-state index contributed by atoms with van der Waals surface area (Å²) in [6.45, 7) is 7.31. The summed E-state index contributed by atoms with van der Waals surface area (Å²) >= 11 is 0. The number of benzene rings is 2. The van der Waals surface area contributed by atoms with Crippen LogP contribution in [0.25, 0.3) is 0 Å². The average molecular weight is 342 g/mol. The van der Waals surface area contributed by atoms with Gasteiger partial charge in [-0.3, -0.25) is 0 Å². The minimum absolute atomic E-state index is 0.00256. The lowest BCUT2D eigenvalue weighted by Crippen LogP contribution is -2.10. The van der Waals surface area contributed by atoms with Gasteiger partial charge in [-0.05, 0) is 50.1 Å². The molecule has 0 aliphatic heterocycles. The first-order valence-corrected chi connectivity index (χ1v) is 8.81. The van der Waals surface area contributed by atoms with Crippen molar-refractivity contribution in [3.05, 3.63) is 59.7 Å². The van der Waals surface area contributed by atoms with Gasteiger partial charge in [-0.15, -0.1) is 0 Å². The first kappa shape index (κ1) is 19.0. The first-order chi connectivity index (χ1) is 12.2. The average Bonchev–Trinajstić information content (AvgIpc) is 2.63. The van der Waals surface area contributed by atoms with E-state index < -0.39 is 5.97 Å². The van der Waals surface area contributed by atoms with Crippen molar-refractivity contribution in [1.29, 1.82) is 0 Å². The van der Waals surface area contributed by atoms with Gasteiger partial charge in [-0.2, -0.15) is 0 Å². The molecule has 0 amide bonds. The van der Waals surface area contributed by atoms with E-state index in [2.05, 4.69) is 6.92 Å². The standard InChI is InChI=1S/C21H26O4/c1-4-6-15-24-19-9-7-8-10-20(19)25-21(22)18-13-11-17(12-14-18)16(3)23-5-2/h7-14,16H,4-6,15H2,1-3H3. The SMILES string of the molecule is CCCCOc1ccccc1OC(=O)c1ccc(C(C)OCC)cc1. The summed E-state index contributed by atoms with van der Waals surface area (Å²) in [6, 6.07) is 14.5. The number of hydrogen-bond donors (Lipinski definition) is 0. The van der Waals surface area contributed by atoms with Gasteiger partial charge >= 0.3 is 5.97 Å². The molecule has 25 heavy (non-hydrogen) atoms. The minimum atomic E-state index is -0.401. The number of esters is 1. The van der Waals surface area contributed by atoms with E-state index >= 15 is 0 Å². The van der Waals surface area contributed by atoms with Crippen LogP contribution in [0.5, 0.6) is 11.5 Å². The molecule has 4 heteroatoms. The van der Waals surface area contributed by atoms with Crippen LogP contribution in [-0.4, -0.2) is 19.2 Å². The lowest BCUT2D eigenvalue weighted by molar-refractivity contribution is 0.0723. The summed E-state index contributed by atoms with van der Waals surface area (Å²) in [4.78, 5) is 12.4. The molecule has 1 atom stereocenters. The van der Waals surface area contributed by atoms with E-state index in [1.165, 1.54) is 0 Å². The van der Waals surface area contributed by atoms with Crippen LogP contribution >= 0.6 is 0 Å². The summed E-state index contributed by atoms with van der Waals surface area (Å²) in [5.74, 6) is 0.628. The highest BCUT2D eigenvalue weighted by Crippen LogP contribution is 2.27.